The Morgan fingerprint density at radius 2 is 1.91 bits per heavy atom. The second-order valence-corrected chi connectivity index (χ2v) is 6.22. The molecule has 1 unspecified atom stereocenters. The van der Waals surface area contributed by atoms with E-state index in [1.807, 2.05) is 10.8 Å². The summed E-state index contributed by atoms with van der Waals surface area (Å²) in [6, 6.07) is 4.64. The quantitative estimate of drug-likeness (QED) is 0.722. The number of nitrogens with zero attached hydrogens (tertiary/aromatic N) is 4. The molecule has 2 heterocycles. The molecule has 0 saturated carbocycles. The maximum Gasteiger partial charge on any atom is 0.228 e. The van der Waals surface area contributed by atoms with Crippen molar-refractivity contribution in [2.75, 3.05) is 0 Å². The van der Waals surface area contributed by atoms with Gasteiger partial charge in [0, 0.05) is 31.3 Å². The highest BCUT2D eigenvalue weighted by molar-refractivity contribution is 5.38. The molecule has 5 heteroatoms. The van der Waals surface area contributed by atoms with E-state index in [9.17, 15) is 0 Å². The Bertz CT molecular complexity index is 766. The molecule has 0 amide bonds. The Kier molecular flexibility index (Phi) is 4.28. The van der Waals surface area contributed by atoms with Gasteiger partial charge in [-0.05, 0) is 44.4 Å². The predicted octanol–water partition coefficient (Wildman–Crippen LogP) is 3.59. The molecular formula is C18H22N4O. The molecule has 0 aliphatic carbocycles. The molecule has 23 heavy (non-hydrogen) atoms. The molecule has 3 aromatic rings. The Hall–Kier alpha value is -2.43. The van der Waals surface area contributed by atoms with Crippen LogP contribution in [-0.4, -0.2) is 19.7 Å². The van der Waals surface area contributed by atoms with Crippen LogP contribution in [0.4, 0.5) is 0 Å². The molecule has 3 rings (SSSR count). The van der Waals surface area contributed by atoms with Gasteiger partial charge in [0.2, 0.25) is 5.89 Å². The Morgan fingerprint density at radius 3 is 2.57 bits per heavy atom. The first-order chi connectivity index (χ1) is 11.0. The van der Waals surface area contributed by atoms with Crippen molar-refractivity contribution in [2.24, 2.45) is 0 Å². The smallest absolute Gasteiger partial charge is 0.228 e. The third-order valence-corrected chi connectivity index (χ3v) is 4.19. The number of hydrogen-bond donors (Lipinski definition) is 0. The van der Waals surface area contributed by atoms with Gasteiger partial charge in [-0.1, -0.05) is 22.9 Å². The summed E-state index contributed by atoms with van der Waals surface area (Å²) in [6.45, 7) is 8.50. The summed E-state index contributed by atoms with van der Waals surface area (Å²) in [6.07, 6.45) is 6.94. The Balaban J connectivity index is 1.73. The highest BCUT2D eigenvalue weighted by Gasteiger charge is 2.14. The van der Waals surface area contributed by atoms with E-state index in [1.54, 1.807) is 12.5 Å². The minimum absolute atomic E-state index is 0.244. The molecule has 0 N–H and O–H groups in total. The number of rotatable bonds is 5. The second kappa shape index (κ2) is 6.36. The third kappa shape index (κ3) is 3.50. The SMILES string of the molecule is Cc1cc(C)c(Cc2noc(CC(C)n3ccnc3)n2)c(C)c1. The van der Waals surface area contributed by atoms with Crippen molar-refractivity contribution in [1.82, 2.24) is 19.7 Å². The average molecular weight is 310 g/mol. The fourth-order valence-corrected chi connectivity index (χ4v) is 2.98. The highest BCUT2D eigenvalue weighted by atomic mass is 16.5. The summed E-state index contributed by atoms with van der Waals surface area (Å²) in [5, 5.41) is 4.14. The summed E-state index contributed by atoms with van der Waals surface area (Å²) >= 11 is 0. The van der Waals surface area contributed by atoms with Crippen LogP contribution < -0.4 is 0 Å². The van der Waals surface area contributed by atoms with Crippen LogP contribution >= 0.6 is 0 Å². The molecule has 0 saturated heterocycles. The molecule has 0 aliphatic rings. The van der Waals surface area contributed by atoms with Gasteiger partial charge in [-0.15, -0.1) is 0 Å². The van der Waals surface area contributed by atoms with E-state index in [-0.39, 0.29) is 6.04 Å². The van der Waals surface area contributed by atoms with Gasteiger partial charge >= 0.3 is 0 Å². The van der Waals surface area contributed by atoms with Crippen LogP contribution in [0.15, 0.2) is 35.4 Å². The summed E-state index contributed by atoms with van der Waals surface area (Å²) in [5.74, 6) is 1.41. The van der Waals surface area contributed by atoms with Crippen molar-refractivity contribution in [3.63, 3.8) is 0 Å². The van der Waals surface area contributed by atoms with Crippen LogP contribution in [0.3, 0.4) is 0 Å². The zero-order valence-electron chi connectivity index (χ0n) is 14.1. The first kappa shape index (κ1) is 15.5. The van der Waals surface area contributed by atoms with Gasteiger partial charge in [0.15, 0.2) is 5.82 Å². The van der Waals surface area contributed by atoms with Crippen LogP contribution in [0.25, 0.3) is 0 Å². The highest BCUT2D eigenvalue weighted by Crippen LogP contribution is 2.20. The second-order valence-electron chi connectivity index (χ2n) is 6.22. The fraction of sp³-hybridized carbons (Fsp3) is 0.389. The van der Waals surface area contributed by atoms with E-state index in [2.05, 4.69) is 55.0 Å². The lowest BCUT2D eigenvalue weighted by atomic mass is 9.97. The van der Waals surface area contributed by atoms with Crippen molar-refractivity contribution in [2.45, 2.75) is 46.6 Å². The summed E-state index contributed by atoms with van der Waals surface area (Å²) < 4.78 is 7.45. The molecule has 120 valence electrons. The molecular weight excluding hydrogens is 288 g/mol. The van der Waals surface area contributed by atoms with Crippen LogP contribution in [-0.2, 0) is 12.8 Å². The van der Waals surface area contributed by atoms with Gasteiger partial charge in [0.25, 0.3) is 0 Å². The lowest BCUT2D eigenvalue weighted by Gasteiger charge is -2.09. The van der Waals surface area contributed by atoms with Crippen LogP contribution in [0.2, 0.25) is 0 Å². The summed E-state index contributed by atoms with van der Waals surface area (Å²) in [5.41, 5.74) is 5.12. The van der Waals surface area contributed by atoms with E-state index in [4.69, 9.17) is 4.52 Å². The third-order valence-electron chi connectivity index (χ3n) is 4.19. The largest absolute Gasteiger partial charge is 0.339 e. The number of aryl methyl sites for hydroxylation is 3. The fourth-order valence-electron chi connectivity index (χ4n) is 2.98. The molecule has 2 aromatic heterocycles. The van der Waals surface area contributed by atoms with Gasteiger partial charge in [-0.2, -0.15) is 4.98 Å². The van der Waals surface area contributed by atoms with E-state index in [1.165, 1.54) is 22.3 Å². The molecule has 0 radical (unpaired) electrons. The zero-order chi connectivity index (χ0) is 16.4. The predicted molar refractivity (Wildman–Crippen MR) is 88.4 cm³/mol. The maximum absolute atomic E-state index is 5.41. The average Bonchev–Trinajstić information content (AvgIpc) is 3.14. The van der Waals surface area contributed by atoms with Gasteiger partial charge in [-0.25, -0.2) is 4.98 Å². The number of imidazole rings is 1. The lowest BCUT2D eigenvalue weighted by molar-refractivity contribution is 0.353. The maximum atomic E-state index is 5.41. The minimum atomic E-state index is 0.244. The standard InChI is InChI=1S/C18H22N4O/c1-12-7-13(2)16(14(3)8-12)10-17-20-18(23-21-17)9-15(4)22-6-5-19-11-22/h5-8,11,15H,9-10H2,1-4H3. The topological polar surface area (TPSA) is 56.7 Å². The summed E-state index contributed by atoms with van der Waals surface area (Å²) in [4.78, 5) is 8.62. The van der Waals surface area contributed by atoms with E-state index < -0.39 is 0 Å². The van der Waals surface area contributed by atoms with Crippen molar-refractivity contribution in [3.05, 3.63) is 64.8 Å². The monoisotopic (exact) mass is 310 g/mol. The Morgan fingerprint density at radius 1 is 1.17 bits per heavy atom. The van der Waals surface area contributed by atoms with Crippen molar-refractivity contribution < 1.29 is 4.52 Å². The molecule has 5 nitrogen and oxygen atoms in total. The van der Waals surface area contributed by atoms with Crippen molar-refractivity contribution in [3.8, 4) is 0 Å². The number of aromatic nitrogens is 4. The van der Waals surface area contributed by atoms with Gasteiger partial charge < -0.3 is 9.09 Å². The first-order valence-corrected chi connectivity index (χ1v) is 7.88. The zero-order valence-corrected chi connectivity index (χ0v) is 14.1. The Labute approximate surface area is 136 Å². The molecule has 0 fully saturated rings. The van der Waals surface area contributed by atoms with Crippen LogP contribution in [0.5, 0.6) is 0 Å². The van der Waals surface area contributed by atoms with Crippen molar-refractivity contribution >= 4 is 0 Å². The first-order valence-electron chi connectivity index (χ1n) is 7.88. The number of hydrogen-bond acceptors (Lipinski definition) is 4. The van der Waals surface area contributed by atoms with Gasteiger partial charge in [0.05, 0.1) is 6.33 Å². The van der Waals surface area contributed by atoms with E-state index in [0.717, 1.165) is 5.82 Å². The minimum Gasteiger partial charge on any atom is -0.339 e. The number of benzene rings is 1. The van der Waals surface area contributed by atoms with Crippen LogP contribution in [0.1, 0.15) is 46.9 Å². The van der Waals surface area contributed by atoms with Gasteiger partial charge in [-0.3, -0.25) is 0 Å². The van der Waals surface area contributed by atoms with E-state index >= 15 is 0 Å². The molecule has 0 aliphatic heterocycles. The molecule has 0 spiro atoms. The lowest BCUT2D eigenvalue weighted by Crippen LogP contribution is -2.06. The van der Waals surface area contributed by atoms with E-state index in [0.29, 0.717) is 18.7 Å². The van der Waals surface area contributed by atoms with Crippen molar-refractivity contribution in [1.29, 1.82) is 0 Å². The van der Waals surface area contributed by atoms with Crippen LogP contribution in [0, 0.1) is 20.8 Å². The summed E-state index contributed by atoms with van der Waals surface area (Å²) in [7, 11) is 0. The molecule has 0 bridgehead atoms. The van der Waals surface area contributed by atoms with Gasteiger partial charge in [0.1, 0.15) is 0 Å². The molecule has 1 aromatic carbocycles. The molecule has 1 atom stereocenters. The normalized spacial score (nSPS) is 12.5.